The van der Waals surface area contributed by atoms with Gasteiger partial charge in [-0.1, -0.05) is 15.9 Å². The van der Waals surface area contributed by atoms with Crippen molar-refractivity contribution in [2.45, 2.75) is 0 Å². The molecule has 9 heteroatoms. The van der Waals surface area contributed by atoms with E-state index in [1.54, 1.807) is 0 Å². The molecule has 2 rings (SSSR count). The Balaban J connectivity index is 2.00. The van der Waals surface area contributed by atoms with Gasteiger partial charge in [-0.05, 0) is 30.3 Å². The summed E-state index contributed by atoms with van der Waals surface area (Å²) in [6.45, 7) is 0. The van der Waals surface area contributed by atoms with Gasteiger partial charge in [-0.3, -0.25) is 30.6 Å². The first-order valence-electron chi connectivity index (χ1n) is 6.18. The lowest BCUT2D eigenvalue weighted by atomic mass is 10.2. The summed E-state index contributed by atoms with van der Waals surface area (Å²) in [5.41, 5.74) is 3.87. The quantitative estimate of drug-likeness (QED) is 0.629. The molecule has 0 aliphatic heterocycles. The van der Waals surface area contributed by atoms with E-state index < -0.39 is 22.6 Å². The molecule has 23 heavy (non-hydrogen) atoms. The molecule has 0 atom stereocenters. The molecule has 2 aromatic rings. The minimum Gasteiger partial charge on any atom is -0.267 e. The van der Waals surface area contributed by atoms with E-state index in [-0.39, 0.29) is 16.8 Å². The predicted molar refractivity (Wildman–Crippen MR) is 82.1 cm³/mol. The van der Waals surface area contributed by atoms with E-state index in [9.17, 15) is 24.1 Å². The second-order valence-corrected chi connectivity index (χ2v) is 5.25. The molecule has 0 aromatic heterocycles. The zero-order chi connectivity index (χ0) is 17.0. The van der Waals surface area contributed by atoms with E-state index in [1.807, 2.05) is 0 Å². The fourth-order valence-electron chi connectivity index (χ4n) is 1.66. The number of nitro benzene ring substituents is 1. The van der Waals surface area contributed by atoms with Gasteiger partial charge in [0.25, 0.3) is 17.5 Å². The fraction of sp³-hybridized carbons (Fsp3) is 0. The van der Waals surface area contributed by atoms with Gasteiger partial charge in [0.05, 0.1) is 10.5 Å². The molecule has 2 aromatic carbocycles. The fourth-order valence-corrected chi connectivity index (χ4v) is 1.99. The third-order valence-corrected chi connectivity index (χ3v) is 3.30. The lowest BCUT2D eigenvalue weighted by Gasteiger charge is -2.08. The number of hydrogen-bond donors (Lipinski definition) is 2. The Kier molecular flexibility index (Phi) is 5.02. The number of carbonyl (C=O) groups excluding carboxylic acids is 2. The van der Waals surface area contributed by atoms with Gasteiger partial charge in [-0.2, -0.15) is 0 Å². The maximum atomic E-state index is 13.6. The van der Waals surface area contributed by atoms with Gasteiger partial charge < -0.3 is 0 Å². The average molecular weight is 382 g/mol. The van der Waals surface area contributed by atoms with Crippen LogP contribution >= 0.6 is 15.9 Å². The third-order valence-electron chi connectivity index (χ3n) is 2.81. The van der Waals surface area contributed by atoms with E-state index in [4.69, 9.17) is 0 Å². The number of nitrogens with zero attached hydrogens (tertiary/aromatic N) is 1. The van der Waals surface area contributed by atoms with Crippen molar-refractivity contribution in [2.75, 3.05) is 0 Å². The topological polar surface area (TPSA) is 101 Å². The van der Waals surface area contributed by atoms with Crippen molar-refractivity contribution in [1.29, 1.82) is 0 Å². The summed E-state index contributed by atoms with van der Waals surface area (Å²) in [7, 11) is 0. The Morgan fingerprint density at radius 1 is 1.04 bits per heavy atom. The second-order valence-electron chi connectivity index (χ2n) is 4.34. The number of rotatable bonds is 3. The summed E-state index contributed by atoms with van der Waals surface area (Å²) < 4.78 is 14.1. The maximum absolute atomic E-state index is 13.6. The van der Waals surface area contributed by atoms with E-state index in [2.05, 4.69) is 26.8 Å². The van der Waals surface area contributed by atoms with Crippen LogP contribution in [0.2, 0.25) is 0 Å². The van der Waals surface area contributed by atoms with Crippen LogP contribution in [0.4, 0.5) is 10.1 Å². The molecule has 0 saturated heterocycles. The van der Waals surface area contributed by atoms with Crippen molar-refractivity contribution in [3.05, 3.63) is 74.0 Å². The van der Waals surface area contributed by atoms with Crippen molar-refractivity contribution >= 4 is 33.4 Å². The van der Waals surface area contributed by atoms with Crippen molar-refractivity contribution in [3.63, 3.8) is 0 Å². The number of nitrogens with one attached hydrogen (secondary N) is 2. The van der Waals surface area contributed by atoms with Gasteiger partial charge in [0.1, 0.15) is 5.82 Å². The number of non-ortho nitro benzene ring substituents is 1. The van der Waals surface area contributed by atoms with Crippen molar-refractivity contribution in [1.82, 2.24) is 10.9 Å². The molecule has 0 aliphatic rings. The molecule has 0 heterocycles. The first-order chi connectivity index (χ1) is 10.9. The summed E-state index contributed by atoms with van der Waals surface area (Å²) in [6.07, 6.45) is 0. The molecule has 0 radical (unpaired) electrons. The van der Waals surface area contributed by atoms with Gasteiger partial charge >= 0.3 is 0 Å². The number of hydrazine groups is 1. The van der Waals surface area contributed by atoms with Crippen molar-refractivity contribution in [2.24, 2.45) is 0 Å². The van der Waals surface area contributed by atoms with Crippen LogP contribution in [-0.4, -0.2) is 16.7 Å². The smallest absolute Gasteiger partial charge is 0.267 e. The number of hydrogen-bond acceptors (Lipinski definition) is 4. The average Bonchev–Trinajstić information content (AvgIpc) is 2.52. The van der Waals surface area contributed by atoms with Gasteiger partial charge in [0.2, 0.25) is 0 Å². The molecule has 2 amide bonds. The molecule has 0 aliphatic carbocycles. The molecule has 0 unspecified atom stereocenters. The van der Waals surface area contributed by atoms with Gasteiger partial charge in [0, 0.05) is 22.2 Å². The highest BCUT2D eigenvalue weighted by atomic mass is 79.9. The van der Waals surface area contributed by atoms with Crippen LogP contribution in [0.1, 0.15) is 20.7 Å². The third kappa shape index (κ3) is 4.10. The Hall–Kier alpha value is -2.81. The minimum absolute atomic E-state index is 0.104. The molecule has 0 fully saturated rings. The SMILES string of the molecule is O=C(NNC(=O)c1ccc(Br)cc1F)c1ccc([N+](=O)[O-])cc1. The van der Waals surface area contributed by atoms with Gasteiger partial charge in [-0.15, -0.1) is 0 Å². The summed E-state index contributed by atoms with van der Waals surface area (Å²) in [5.74, 6) is -2.27. The monoisotopic (exact) mass is 381 g/mol. The highest BCUT2D eigenvalue weighted by molar-refractivity contribution is 9.10. The Morgan fingerprint density at radius 3 is 2.22 bits per heavy atom. The summed E-state index contributed by atoms with van der Waals surface area (Å²) in [4.78, 5) is 33.5. The Bertz CT molecular complexity index is 780. The lowest BCUT2D eigenvalue weighted by Crippen LogP contribution is -2.41. The van der Waals surface area contributed by atoms with E-state index in [0.717, 1.165) is 18.2 Å². The number of carbonyl (C=O) groups is 2. The number of halogens is 2. The largest absolute Gasteiger partial charge is 0.272 e. The van der Waals surface area contributed by atoms with Crippen LogP contribution < -0.4 is 10.9 Å². The van der Waals surface area contributed by atoms with Crippen LogP contribution in [0.15, 0.2) is 46.9 Å². The van der Waals surface area contributed by atoms with Crippen LogP contribution in [0.5, 0.6) is 0 Å². The summed E-state index contributed by atoms with van der Waals surface area (Å²) in [6, 6.07) is 8.64. The maximum Gasteiger partial charge on any atom is 0.272 e. The number of benzene rings is 2. The molecule has 2 N–H and O–H groups in total. The molecule has 118 valence electrons. The summed E-state index contributed by atoms with van der Waals surface area (Å²) >= 11 is 3.06. The first-order valence-corrected chi connectivity index (χ1v) is 6.98. The van der Waals surface area contributed by atoms with Gasteiger partial charge in [0.15, 0.2) is 0 Å². The molecule has 0 saturated carbocycles. The van der Waals surface area contributed by atoms with Crippen molar-refractivity contribution < 1.29 is 18.9 Å². The zero-order valence-electron chi connectivity index (χ0n) is 11.4. The summed E-state index contributed by atoms with van der Waals surface area (Å²) in [5, 5.41) is 10.5. The van der Waals surface area contributed by atoms with E-state index in [0.29, 0.717) is 4.47 Å². The second kappa shape index (κ2) is 6.97. The minimum atomic E-state index is -0.828. The van der Waals surface area contributed by atoms with Crippen LogP contribution in [-0.2, 0) is 0 Å². The van der Waals surface area contributed by atoms with Crippen LogP contribution in [0, 0.1) is 15.9 Å². The molecule has 7 nitrogen and oxygen atoms in total. The van der Waals surface area contributed by atoms with Crippen LogP contribution in [0.25, 0.3) is 0 Å². The number of amides is 2. The highest BCUT2D eigenvalue weighted by Gasteiger charge is 2.14. The number of nitro groups is 1. The lowest BCUT2D eigenvalue weighted by molar-refractivity contribution is -0.384. The first kappa shape index (κ1) is 16.6. The molecule has 0 bridgehead atoms. The van der Waals surface area contributed by atoms with Crippen molar-refractivity contribution in [3.8, 4) is 0 Å². The Labute approximate surface area is 137 Å². The predicted octanol–water partition coefficient (Wildman–Crippen LogP) is 2.57. The highest BCUT2D eigenvalue weighted by Crippen LogP contribution is 2.15. The molecular weight excluding hydrogens is 373 g/mol. The Morgan fingerprint density at radius 2 is 1.65 bits per heavy atom. The standard InChI is InChI=1S/C14H9BrFN3O4/c15-9-3-6-11(12(16)7-9)14(21)18-17-13(20)8-1-4-10(5-2-8)19(22)23/h1-7H,(H,17,20)(H,18,21). The van der Waals surface area contributed by atoms with E-state index in [1.165, 1.54) is 24.3 Å². The molecular formula is C14H9BrFN3O4. The van der Waals surface area contributed by atoms with Crippen LogP contribution in [0.3, 0.4) is 0 Å². The molecule has 0 spiro atoms. The van der Waals surface area contributed by atoms with E-state index >= 15 is 0 Å². The normalized spacial score (nSPS) is 10.0. The van der Waals surface area contributed by atoms with Gasteiger partial charge in [-0.25, -0.2) is 4.39 Å². The zero-order valence-corrected chi connectivity index (χ0v) is 13.0.